The number of carbonyl (C=O) groups excluding carboxylic acids is 1. The van der Waals surface area contributed by atoms with Crippen molar-refractivity contribution in [3.63, 3.8) is 0 Å². The van der Waals surface area contributed by atoms with E-state index in [1.165, 1.54) is 0 Å². The van der Waals surface area contributed by atoms with Crippen molar-refractivity contribution in [3.05, 3.63) is 63.6 Å². The van der Waals surface area contributed by atoms with Gasteiger partial charge in [0.1, 0.15) is 0 Å². The summed E-state index contributed by atoms with van der Waals surface area (Å²) in [5, 5.41) is 11.5. The number of amides is 1. The lowest BCUT2D eigenvalue weighted by atomic mass is 10.1. The number of nitriles is 1. The van der Waals surface area contributed by atoms with Gasteiger partial charge in [-0.25, -0.2) is 0 Å². The summed E-state index contributed by atoms with van der Waals surface area (Å²) in [4.78, 5) is 12.2. The molecule has 0 aromatic heterocycles. The smallest absolute Gasteiger partial charge is 0.255 e. The van der Waals surface area contributed by atoms with Crippen LogP contribution in [0.15, 0.2) is 46.9 Å². The summed E-state index contributed by atoms with van der Waals surface area (Å²) >= 11 is 3.42. The van der Waals surface area contributed by atoms with E-state index in [-0.39, 0.29) is 5.91 Å². The van der Waals surface area contributed by atoms with Crippen LogP contribution in [0.1, 0.15) is 21.5 Å². The highest BCUT2D eigenvalue weighted by Crippen LogP contribution is 2.20. The van der Waals surface area contributed by atoms with Crippen molar-refractivity contribution in [2.24, 2.45) is 0 Å². The molecule has 2 aromatic rings. The number of nitrogens with zero attached hydrogens (tertiary/aromatic N) is 1. The van der Waals surface area contributed by atoms with E-state index in [2.05, 4.69) is 27.3 Å². The first-order valence-electron chi connectivity index (χ1n) is 6.14. The molecule has 0 bridgehead atoms. The zero-order valence-electron chi connectivity index (χ0n) is 11.0. The molecule has 0 saturated carbocycles. The van der Waals surface area contributed by atoms with Gasteiger partial charge in [0.2, 0.25) is 0 Å². The third-order valence-corrected chi connectivity index (χ3v) is 3.87. The molecular formula is C16H13BrN2O. The van der Waals surface area contributed by atoms with Crippen molar-refractivity contribution in [3.8, 4) is 6.07 Å². The van der Waals surface area contributed by atoms with Gasteiger partial charge in [-0.3, -0.25) is 4.79 Å². The second-order valence-corrected chi connectivity index (χ2v) is 5.25. The molecule has 1 amide bonds. The van der Waals surface area contributed by atoms with E-state index in [1.807, 2.05) is 31.2 Å². The summed E-state index contributed by atoms with van der Waals surface area (Å²) in [5.74, 6) is -0.142. The number of anilines is 1. The maximum atomic E-state index is 12.2. The summed E-state index contributed by atoms with van der Waals surface area (Å²) in [7, 11) is 0. The molecule has 0 atom stereocenters. The van der Waals surface area contributed by atoms with Gasteiger partial charge in [-0.15, -0.1) is 0 Å². The van der Waals surface area contributed by atoms with Crippen LogP contribution in [0.4, 0.5) is 5.69 Å². The monoisotopic (exact) mass is 328 g/mol. The van der Waals surface area contributed by atoms with Crippen molar-refractivity contribution in [2.45, 2.75) is 13.3 Å². The average Bonchev–Trinajstić information content (AvgIpc) is 2.44. The number of benzene rings is 2. The molecule has 2 aromatic carbocycles. The molecule has 3 nitrogen and oxygen atoms in total. The van der Waals surface area contributed by atoms with Gasteiger partial charge >= 0.3 is 0 Å². The number of rotatable bonds is 3. The second kappa shape index (κ2) is 6.36. The first-order chi connectivity index (χ1) is 9.61. The Balaban J connectivity index is 2.15. The molecule has 0 radical (unpaired) electrons. The summed E-state index contributed by atoms with van der Waals surface area (Å²) in [6.07, 6.45) is 0.374. The van der Waals surface area contributed by atoms with E-state index in [9.17, 15) is 4.79 Å². The van der Waals surface area contributed by atoms with E-state index in [4.69, 9.17) is 5.26 Å². The predicted octanol–water partition coefficient (Wildman–Crippen LogP) is 4.08. The highest BCUT2D eigenvalue weighted by Gasteiger charge is 2.10. The number of hydrogen-bond acceptors (Lipinski definition) is 2. The van der Waals surface area contributed by atoms with Gasteiger partial charge in [-0.05, 0) is 42.3 Å². The zero-order valence-corrected chi connectivity index (χ0v) is 12.6. The van der Waals surface area contributed by atoms with E-state index in [1.54, 1.807) is 18.2 Å². The van der Waals surface area contributed by atoms with Crippen molar-refractivity contribution < 1.29 is 4.79 Å². The Kier molecular flexibility index (Phi) is 4.54. The topological polar surface area (TPSA) is 52.9 Å². The average molecular weight is 329 g/mol. The lowest BCUT2D eigenvalue weighted by Crippen LogP contribution is -2.13. The summed E-state index contributed by atoms with van der Waals surface area (Å²) in [6, 6.07) is 14.9. The van der Waals surface area contributed by atoms with Gasteiger partial charge in [0.05, 0.1) is 12.5 Å². The Hall–Kier alpha value is -2.12. The Morgan fingerprint density at radius 2 is 1.95 bits per heavy atom. The van der Waals surface area contributed by atoms with Crippen LogP contribution < -0.4 is 5.32 Å². The Morgan fingerprint density at radius 3 is 2.60 bits per heavy atom. The Labute approximate surface area is 126 Å². The second-order valence-electron chi connectivity index (χ2n) is 4.40. The van der Waals surface area contributed by atoms with Gasteiger partial charge in [-0.1, -0.05) is 34.1 Å². The van der Waals surface area contributed by atoms with Crippen LogP contribution in [0.3, 0.4) is 0 Å². The number of hydrogen-bond donors (Lipinski definition) is 1. The molecule has 0 heterocycles. The Bertz CT molecular complexity index is 672. The van der Waals surface area contributed by atoms with E-state index >= 15 is 0 Å². The lowest BCUT2D eigenvalue weighted by Gasteiger charge is -2.09. The molecule has 0 aliphatic heterocycles. The lowest BCUT2D eigenvalue weighted by molar-refractivity contribution is 0.102. The van der Waals surface area contributed by atoms with Crippen LogP contribution in [-0.4, -0.2) is 5.91 Å². The molecule has 1 N–H and O–H groups in total. The minimum atomic E-state index is -0.142. The number of halogens is 1. The standard InChI is InChI=1S/C16H13BrN2O/c1-11-14(3-2-4-15(11)17)16(20)19-13-7-5-12(6-8-13)9-10-18/h2-8H,9H2,1H3,(H,19,20). The largest absolute Gasteiger partial charge is 0.322 e. The molecule has 4 heteroatoms. The number of nitrogens with one attached hydrogen (secondary N) is 1. The first kappa shape index (κ1) is 14.3. The number of carbonyl (C=O) groups is 1. The quantitative estimate of drug-likeness (QED) is 0.923. The highest BCUT2D eigenvalue weighted by atomic mass is 79.9. The van der Waals surface area contributed by atoms with Gasteiger partial charge in [0, 0.05) is 15.7 Å². The minimum absolute atomic E-state index is 0.142. The maximum absolute atomic E-state index is 12.2. The molecule has 2 rings (SSSR count). The molecular weight excluding hydrogens is 316 g/mol. The van der Waals surface area contributed by atoms with Gasteiger partial charge < -0.3 is 5.32 Å². The molecule has 0 aliphatic rings. The molecule has 100 valence electrons. The Morgan fingerprint density at radius 1 is 1.25 bits per heavy atom. The van der Waals surface area contributed by atoms with Crippen molar-refractivity contribution in [2.75, 3.05) is 5.32 Å². The van der Waals surface area contributed by atoms with Crippen molar-refractivity contribution >= 4 is 27.5 Å². The van der Waals surface area contributed by atoms with E-state index in [0.29, 0.717) is 12.0 Å². The molecule has 0 aliphatic carbocycles. The molecule has 0 fully saturated rings. The van der Waals surface area contributed by atoms with Gasteiger partial charge in [0.25, 0.3) is 5.91 Å². The molecule has 20 heavy (non-hydrogen) atoms. The summed E-state index contributed by atoms with van der Waals surface area (Å²) < 4.78 is 0.912. The van der Waals surface area contributed by atoms with Crippen LogP contribution in [-0.2, 0) is 6.42 Å². The molecule has 0 spiro atoms. The molecule has 0 saturated heterocycles. The van der Waals surface area contributed by atoms with Crippen molar-refractivity contribution in [1.82, 2.24) is 0 Å². The third-order valence-electron chi connectivity index (χ3n) is 3.01. The highest BCUT2D eigenvalue weighted by molar-refractivity contribution is 9.10. The zero-order chi connectivity index (χ0) is 14.5. The van der Waals surface area contributed by atoms with Crippen LogP contribution in [0.2, 0.25) is 0 Å². The minimum Gasteiger partial charge on any atom is -0.322 e. The fourth-order valence-electron chi connectivity index (χ4n) is 1.85. The van der Waals surface area contributed by atoms with E-state index in [0.717, 1.165) is 21.3 Å². The van der Waals surface area contributed by atoms with Crippen LogP contribution in [0, 0.1) is 18.3 Å². The molecule has 0 unspecified atom stereocenters. The maximum Gasteiger partial charge on any atom is 0.255 e. The first-order valence-corrected chi connectivity index (χ1v) is 6.93. The van der Waals surface area contributed by atoms with Gasteiger partial charge in [-0.2, -0.15) is 5.26 Å². The van der Waals surface area contributed by atoms with Crippen molar-refractivity contribution in [1.29, 1.82) is 5.26 Å². The van der Waals surface area contributed by atoms with Crippen LogP contribution >= 0.6 is 15.9 Å². The SMILES string of the molecule is Cc1c(Br)cccc1C(=O)Nc1ccc(CC#N)cc1. The fourth-order valence-corrected chi connectivity index (χ4v) is 2.22. The summed E-state index contributed by atoms with van der Waals surface area (Å²) in [5.41, 5.74) is 3.20. The van der Waals surface area contributed by atoms with Crippen LogP contribution in [0.25, 0.3) is 0 Å². The normalized spacial score (nSPS) is 9.85. The van der Waals surface area contributed by atoms with Crippen LogP contribution in [0.5, 0.6) is 0 Å². The summed E-state index contributed by atoms with van der Waals surface area (Å²) in [6.45, 7) is 1.90. The van der Waals surface area contributed by atoms with E-state index < -0.39 is 0 Å². The fraction of sp³-hybridized carbons (Fsp3) is 0.125. The van der Waals surface area contributed by atoms with Gasteiger partial charge in [0.15, 0.2) is 0 Å². The third kappa shape index (κ3) is 3.25. The predicted molar refractivity (Wildman–Crippen MR) is 82.6 cm³/mol.